The van der Waals surface area contributed by atoms with Gasteiger partial charge >= 0.3 is 0 Å². The number of pyridine rings is 2. The van der Waals surface area contributed by atoms with Crippen LogP contribution in [0.3, 0.4) is 0 Å². The predicted molar refractivity (Wildman–Crippen MR) is 249 cm³/mol. The molecule has 310 valence electrons. The molecule has 8 heteroatoms. The molecular formula is C52H62N8. The zero-order valence-corrected chi connectivity index (χ0v) is 37.2. The van der Waals surface area contributed by atoms with Crippen molar-refractivity contribution in [1.29, 1.82) is 0 Å². The van der Waals surface area contributed by atoms with Crippen LogP contribution in [0, 0.1) is 11.8 Å². The molecule has 8 heterocycles. The molecule has 10 rings (SSSR count). The summed E-state index contributed by atoms with van der Waals surface area (Å²) in [5.41, 5.74) is 15.7. The Morgan fingerprint density at radius 2 is 1.10 bits per heavy atom. The smallest absolute Gasteiger partial charge is 0.136 e. The van der Waals surface area contributed by atoms with Crippen LogP contribution in [-0.4, -0.2) is 38.1 Å². The molecule has 0 aromatic carbocycles. The van der Waals surface area contributed by atoms with Gasteiger partial charge in [-0.15, -0.1) is 0 Å². The Bertz CT molecular complexity index is 2310. The lowest BCUT2D eigenvalue weighted by atomic mass is 10.0. The zero-order valence-electron chi connectivity index (χ0n) is 37.2. The summed E-state index contributed by atoms with van der Waals surface area (Å²) in [5, 5.41) is 0. The molecule has 0 saturated heterocycles. The molecule has 8 aromatic rings. The normalized spacial score (nSPS) is 12.7. The standard InChI is InChI=1S/2C11H13N.3C10H12N2/c1-8(2)10-5-9-3-4-12-7-11(9)6-10;1-9(2)10-7-11-5-3-4-6-12(11)8-10;1-7(2)8-3-9-5-11-6-12-10(9)4-8;1-8(2)9-5-10-3-4-11-7-12(10)6-9;1-8(2)9-6-10-11-4-3-5-12(10)7-9/h3-4,6-8H,5H2,1-2H3;3-9H,1-2H3;3,5-7H,4H2,1-2H3;2*3-8H,1-2H3. The topological polar surface area (TPSA) is 77.7 Å². The number of rotatable bonds is 5. The number of nitrogens with zero attached hydrogens (tertiary/aromatic N) is 8. The van der Waals surface area contributed by atoms with Crippen molar-refractivity contribution in [1.82, 2.24) is 38.1 Å². The van der Waals surface area contributed by atoms with Gasteiger partial charge < -0.3 is 13.2 Å². The largest absolute Gasteiger partial charge is 0.324 e. The predicted octanol–water partition coefficient (Wildman–Crippen LogP) is 12.7. The van der Waals surface area contributed by atoms with Crippen LogP contribution in [0.4, 0.5) is 0 Å². The van der Waals surface area contributed by atoms with Gasteiger partial charge in [0.25, 0.3) is 0 Å². The minimum Gasteiger partial charge on any atom is -0.324 e. The van der Waals surface area contributed by atoms with E-state index in [0.717, 1.165) is 18.5 Å². The molecule has 2 aliphatic carbocycles. The van der Waals surface area contributed by atoms with E-state index in [0.29, 0.717) is 29.6 Å². The van der Waals surface area contributed by atoms with E-state index >= 15 is 0 Å². The number of allylic oxidation sites excluding steroid dienone is 2. The molecule has 0 radical (unpaired) electrons. The lowest BCUT2D eigenvalue weighted by Gasteiger charge is -2.03. The summed E-state index contributed by atoms with van der Waals surface area (Å²) >= 11 is 0. The molecule has 0 N–H and O–H groups in total. The first-order valence-corrected chi connectivity index (χ1v) is 21.4. The molecule has 8 nitrogen and oxygen atoms in total. The molecule has 0 spiro atoms. The highest BCUT2D eigenvalue weighted by molar-refractivity contribution is 5.63. The van der Waals surface area contributed by atoms with Crippen molar-refractivity contribution in [3.05, 3.63) is 179 Å². The third-order valence-electron chi connectivity index (χ3n) is 11.0. The van der Waals surface area contributed by atoms with Crippen LogP contribution in [0.15, 0.2) is 140 Å². The Balaban J connectivity index is 0.000000126. The molecule has 2 aliphatic rings. The molecule has 0 saturated carbocycles. The SMILES string of the molecule is CC(C)C1=Cc2cnccc2C1.CC(C)C1=Cc2cncnc2C1.CC(C)c1cc2ccccn2c1.CC(C)c1cc2ccncn2c1.CC(C)c1cc2ncccn2c1. The molecule has 0 bridgehead atoms. The maximum atomic E-state index is 4.25. The minimum atomic E-state index is 0.576. The Morgan fingerprint density at radius 1 is 0.500 bits per heavy atom. The van der Waals surface area contributed by atoms with Gasteiger partial charge in [0.15, 0.2) is 0 Å². The molecular weight excluding hydrogens is 737 g/mol. The minimum absolute atomic E-state index is 0.576. The van der Waals surface area contributed by atoms with Crippen LogP contribution >= 0.6 is 0 Å². The molecule has 0 unspecified atom stereocenters. The van der Waals surface area contributed by atoms with E-state index in [1.54, 1.807) is 6.33 Å². The van der Waals surface area contributed by atoms with Gasteiger partial charge in [-0.2, -0.15) is 0 Å². The Kier molecular flexibility index (Phi) is 14.6. The summed E-state index contributed by atoms with van der Waals surface area (Å²) in [5.74, 6) is 3.07. The van der Waals surface area contributed by atoms with E-state index in [-0.39, 0.29) is 0 Å². The summed E-state index contributed by atoms with van der Waals surface area (Å²) in [7, 11) is 0. The quantitative estimate of drug-likeness (QED) is 0.173. The highest BCUT2D eigenvalue weighted by atomic mass is 15.0. The maximum Gasteiger partial charge on any atom is 0.136 e. The van der Waals surface area contributed by atoms with Gasteiger partial charge in [0, 0.05) is 85.0 Å². The molecule has 0 fully saturated rings. The van der Waals surface area contributed by atoms with E-state index in [1.807, 2.05) is 55.6 Å². The first-order chi connectivity index (χ1) is 28.9. The fourth-order valence-corrected chi connectivity index (χ4v) is 6.98. The second kappa shape index (κ2) is 20.2. The van der Waals surface area contributed by atoms with Gasteiger partial charge in [0.2, 0.25) is 0 Å². The number of hydrogen-bond donors (Lipinski definition) is 0. The van der Waals surface area contributed by atoms with Crippen molar-refractivity contribution in [3.63, 3.8) is 0 Å². The summed E-state index contributed by atoms with van der Waals surface area (Å²) in [6.45, 7) is 22.1. The second-order valence-electron chi connectivity index (χ2n) is 17.2. The van der Waals surface area contributed by atoms with E-state index in [2.05, 4.69) is 187 Å². The molecule has 0 atom stereocenters. The van der Waals surface area contributed by atoms with Crippen molar-refractivity contribution in [3.8, 4) is 0 Å². The average molecular weight is 799 g/mol. The Labute approximate surface area is 356 Å². The summed E-state index contributed by atoms with van der Waals surface area (Å²) < 4.78 is 6.26. The third kappa shape index (κ3) is 11.3. The second-order valence-corrected chi connectivity index (χ2v) is 17.2. The number of aromatic nitrogens is 8. The third-order valence-corrected chi connectivity index (χ3v) is 11.0. The van der Waals surface area contributed by atoms with Gasteiger partial charge in [-0.25, -0.2) is 19.9 Å². The summed E-state index contributed by atoms with van der Waals surface area (Å²) in [6, 6.07) is 18.9. The van der Waals surface area contributed by atoms with Crippen molar-refractivity contribution in [2.45, 2.75) is 99.8 Å². The van der Waals surface area contributed by atoms with Crippen molar-refractivity contribution in [2.24, 2.45) is 11.8 Å². The lowest BCUT2D eigenvalue weighted by molar-refractivity contribution is 0.749. The molecule has 60 heavy (non-hydrogen) atoms. The number of hydrogen-bond acceptors (Lipinski definition) is 5. The Hall–Kier alpha value is -6.15. The highest BCUT2D eigenvalue weighted by Gasteiger charge is 2.16. The lowest BCUT2D eigenvalue weighted by Crippen LogP contribution is -1.94. The van der Waals surface area contributed by atoms with Crippen LogP contribution in [-0.2, 0) is 12.8 Å². The van der Waals surface area contributed by atoms with Crippen molar-refractivity contribution >= 4 is 28.8 Å². The van der Waals surface area contributed by atoms with Crippen LogP contribution in [0.2, 0.25) is 0 Å². The average Bonchev–Trinajstić information content (AvgIpc) is 4.09. The van der Waals surface area contributed by atoms with Gasteiger partial charge in [0.05, 0.1) is 12.0 Å². The van der Waals surface area contributed by atoms with Crippen LogP contribution in [0.25, 0.3) is 28.8 Å². The zero-order chi connectivity index (χ0) is 42.8. The van der Waals surface area contributed by atoms with E-state index in [1.165, 1.54) is 61.3 Å². The monoisotopic (exact) mass is 799 g/mol. The molecule has 0 amide bonds. The van der Waals surface area contributed by atoms with Gasteiger partial charge in [-0.1, -0.05) is 98.6 Å². The summed E-state index contributed by atoms with van der Waals surface area (Å²) in [6.07, 6.45) is 30.0. The van der Waals surface area contributed by atoms with Gasteiger partial charge in [-0.3, -0.25) is 4.98 Å². The maximum absolute atomic E-state index is 4.25. The highest BCUT2D eigenvalue weighted by Crippen LogP contribution is 2.29. The van der Waals surface area contributed by atoms with Gasteiger partial charge in [0.1, 0.15) is 12.0 Å². The van der Waals surface area contributed by atoms with Crippen LogP contribution in [0.1, 0.15) is 126 Å². The molecule has 8 aromatic heterocycles. The summed E-state index contributed by atoms with van der Waals surface area (Å²) in [4.78, 5) is 20.6. The fourth-order valence-electron chi connectivity index (χ4n) is 6.98. The first-order valence-electron chi connectivity index (χ1n) is 21.4. The van der Waals surface area contributed by atoms with E-state index in [9.17, 15) is 0 Å². The number of fused-ring (bicyclic) bond motifs is 5. The van der Waals surface area contributed by atoms with Gasteiger partial charge in [-0.05, 0) is 112 Å². The van der Waals surface area contributed by atoms with Crippen molar-refractivity contribution in [2.75, 3.05) is 0 Å². The van der Waals surface area contributed by atoms with Crippen LogP contribution < -0.4 is 0 Å². The Morgan fingerprint density at radius 3 is 1.73 bits per heavy atom. The fraction of sp³-hybridized carbons (Fsp3) is 0.327. The molecule has 0 aliphatic heterocycles. The van der Waals surface area contributed by atoms with Crippen molar-refractivity contribution < 1.29 is 0 Å². The van der Waals surface area contributed by atoms with Crippen LogP contribution in [0.5, 0.6) is 0 Å². The van der Waals surface area contributed by atoms with E-state index in [4.69, 9.17) is 0 Å². The van der Waals surface area contributed by atoms with E-state index < -0.39 is 0 Å². The first kappa shape index (κ1) is 43.4.